The van der Waals surface area contributed by atoms with Gasteiger partial charge in [0.1, 0.15) is 11.8 Å². The van der Waals surface area contributed by atoms with E-state index in [1.807, 2.05) is 23.9 Å². The van der Waals surface area contributed by atoms with Crippen LogP contribution in [0.15, 0.2) is 12.3 Å². The summed E-state index contributed by atoms with van der Waals surface area (Å²) in [4.78, 5) is 0. The fourth-order valence-corrected chi connectivity index (χ4v) is 1.63. The van der Waals surface area contributed by atoms with Gasteiger partial charge in [-0.15, -0.1) is 0 Å². The first-order chi connectivity index (χ1) is 7.67. The fourth-order valence-electron chi connectivity index (χ4n) is 1.63. The van der Waals surface area contributed by atoms with E-state index in [-0.39, 0.29) is 6.61 Å². The number of hydrogen-bond donors (Lipinski definition) is 2. The van der Waals surface area contributed by atoms with Crippen molar-refractivity contribution in [1.82, 2.24) is 9.88 Å². The highest BCUT2D eigenvalue weighted by molar-refractivity contribution is 5.28. The maximum Gasteiger partial charge on any atom is 0.120 e. The third kappa shape index (κ3) is 3.69. The molecule has 0 radical (unpaired) electrons. The Bertz CT molecular complexity index is 365. The van der Waals surface area contributed by atoms with Crippen LogP contribution in [0, 0.1) is 17.2 Å². The van der Waals surface area contributed by atoms with Gasteiger partial charge >= 0.3 is 0 Å². The van der Waals surface area contributed by atoms with Gasteiger partial charge in [0.15, 0.2) is 0 Å². The maximum absolute atomic E-state index is 8.80. The molecule has 0 aliphatic heterocycles. The third-order valence-corrected chi connectivity index (χ3v) is 2.62. The number of aliphatic hydroxyl groups excluding tert-OH is 1. The van der Waals surface area contributed by atoms with Gasteiger partial charge in [0, 0.05) is 26.4 Å². The molecule has 1 heterocycles. The normalized spacial score (nSPS) is 12.4. The molecule has 0 aliphatic rings. The van der Waals surface area contributed by atoms with Crippen molar-refractivity contribution in [3.8, 4) is 6.07 Å². The highest BCUT2D eigenvalue weighted by Crippen LogP contribution is 2.06. The molecule has 0 aromatic carbocycles. The van der Waals surface area contributed by atoms with Crippen molar-refractivity contribution >= 4 is 0 Å². The molecule has 0 fully saturated rings. The Hall–Kier alpha value is -1.31. The van der Waals surface area contributed by atoms with Crippen molar-refractivity contribution in [3.05, 3.63) is 23.5 Å². The maximum atomic E-state index is 8.80. The molecular weight excluding hydrogens is 202 g/mol. The Balaban J connectivity index is 2.35. The van der Waals surface area contributed by atoms with Crippen LogP contribution >= 0.6 is 0 Å². The monoisotopic (exact) mass is 221 g/mol. The molecular formula is C12H19N3O. The van der Waals surface area contributed by atoms with Gasteiger partial charge in [-0.3, -0.25) is 0 Å². The van der Waals surface area contributed by atoms with Crippen molar-refractivity contribution in [2.45, 2.75) is 19.9 Å². The molecule has 0 bridgehead atoms. The van der Waals surface area contributed by atoms with Crippen molar-refractivity contribution in [1.29, 1.82) is 5.26 Å². The van der Waals surface area contributed by atoms with Gasteiger partial charge in [0.25, 0.3) is 0 Å². The van der Waals surface area contributed by atoms with Crippen LogP contribution in [-0.4, -0.2) is 22.8 Å². The van der Waals surface area contributed by atoms with Gasteiger partial charge in [-0.2, -0.15) is 5.26 Å². The van der Waals surface area contributed by atoms with Crippen molar-refractivity contribution in [3.63, 3.8) is 0 Å². The number of aryl methyl sites for hydroxylation is 1. The van der Waals surface area contributed by atoms with E-state index in [0.29, 0.717) is 11.6 Å². The Labute approximate surface area is 96.5 Å². The Morgan fingerprint density at radius 2 is 2.38 bits per heavy atom. The van der Waals surface area contributed by atoms with Crippen molar-refractivity contribution in [2.24, 2.45) is 13.0 Å². The second kappa shape index (κ2) is 6.31. The number of nitriles is 1. The molecule has 4 nitrogen and oxygen atoms in total. The van der Waals surface area contributed by atoms with Crippen LogP contribution in [0.4, 0.5) is 0 Å². The first-order valence-electron chi connectivity index (χ1n) is 5.54. The van der Waals surface area contributed by atoms with Gasteiger partial charge in [-0.05, 0) is 30.5 Å². The van der Waals surface area contributed by atoms with Gasteiger partial charge < -0.3 is 15.0 Å². The van der Waals surface area contributed by atoms with E-state index in [1.165, 1.54) is 0 Å². The zero-order chi connectivity index (χ0) is 12.0. The van der Waals surface area contributed by atoms with Gasteiger partial charge in [0.2, 0.25) is 0 Å². The van der Waals surface area contributed by atoms with Crippen LogP contribution in [0.3, 0.4) is 0 Å². The summed E-state index contributed by atoms with van der Waals surface area (Å²) < 4.78 is 1.83. The van der Waals surface area contributed by atoms with Gasteiger partial charge in [-0.25, -0.2) is 0 Å². The van der Waals surface area contributed by atoms with E-state index in [2.05, 4.69) is 18.3 Å². The minimum Gasteiger partial charge on any atom is -0.396 e. The zero-order valence-corrected chi connectivity index (χ0v) is 9.90. The molecule has 2 N–H and O–H groups in total. The van der Waals surface area contributed by atoms with E-state index >= 15 is 0 Å². The molecule has 1 rings (SSSR count). The lowest BCUT2D eigenvalue weighted by Gasteiger charge is -2.09. The van der Waals surface area contributed by atoms with E-state index in [1.54, 1.807) is 0 Å². The molecule has 88 valence electrons. The zero-order valence-electron chi connectivity index (χ0n) is 9.90. The van der Waals surface area contributed by atoms with Gasteiger partial charge in [-0.1, -0.05) is 6.92 Å². The molecule has 1 atom stereocenters. The lowest BCUT2D eigenvalue weighted by Crippen LogP contribution is -2.21. The standard InChI is InChI=1S/C12H19N3O/c1-10(3-4-16)7-14-8-11-5-12(6-13)15(2)9-11/h5,9-10,14,16H,3-4,7-8H2,1-2H3. The van der Waals surface area contributed by atoms with Crippen molar-refractivity contribution in [2.75, 3.05) is 13.2 Å². The summed E-state index contributed by atoms with van der Waals surface area (Å²) >= 11 is 0. The molecule has 1 aromatic heterocycles. The molecule has 16 heavy (non-hydrogen) atoms. The topological polar surface area (TPSA) is 61.0 Å². The summed E-state index contributed by atoms with van der Waals surface area (Å²) in [6.45, 7) is 4.00. The van der Waals surface area contributed by atoms with Gasteiger partial charge in [0.05, 0.1) is 0 Å². The molecule has 0 saturated heterocycles. The van der Waals surface area contributed by atoms with Crippen LogP contribution in [-0.2, 0) is 13.6 Å². The largest absolute Gasteiger partial charge is 0.396 e. The summed E-state index contributed by atoms with van der Waals surface area (Å²) in [5.74, 6) is 0.476. The number of hydrogen-bond acceptors (Lipinski definition) is 3. The van der Waals surface area contributed by atoms with Crippen LogP contribution in [0.1, 0.15) is 24.6 Å². The SMILES string of the molecule is CC(CCO)CNCc1cc(C#N)n(C)c1. The predicted octanol–water partition coefficient (Wildman–Crippen LogP) is 1.00. The minimum atomic E-state index is 0.243. The Morgan fingerprint density at radius 3 is 2.94 bits per heavy atom. The molecule has 1 unspecified atom stereocenters. The van der Waals surface area contributed by atoms with E-state index in [9.17, 15) is 0 Å². The second-order valence-electron chi connectivity index (χ2n) is 4.20. The molecule has 4 heteroatoms. The highest BCUT2D eigenvalue weighted by Gasteiger charge is 2.03. The Morgan fingerprint density at radius 1 is 1.62 bits per heavy atom. The van der Waals surface area contributed by atoms with E-state index in [4.69, 9.17) is 10.4 Å². The summed E-state index contributed by atoms with van der Waals surface area (Å²) in [5.41, 5.74) is 1.80. The average Bonchev–Trinajstić information content (AvgIpc) is 2.59. The molecule has 0 spiro atoms. The number of nitrogens with zero attached hydrogens (tertiary/aromatic N) is 2. The smallest absolute Gasteiger partial charge is 0.120 e. The summed E-state index contributed by atoms with van der Waals surface area (Å²) in [7, 11) is 1.87. The Kier molecular flexibility index (Phi) is 5.03. The number of aliphatic hydroxyl groups is 1. The van der Waals surface area contributed by atoms with E-state index < -0.39 is 0 Å². The first-order valence-corrected chi connectivity index (χ1v) is 5.54. The number of rotatable bonds is 6. The summed E-state index contributed by atoms with van der Waals surface area (Å²) in [6, 6.07) is 4.03. The lowest BCUT2D eigenvalue weighted by molar-refractivity contribution is 0.260. The predicted molar refractivity (Wildman–Crippen MR) is 62.7 cm³/mol. The summed E-state index contributed by atoms with van der Waals surface area (Å²) in [5, 5.41) is 20.9. The molecule has 0 aliphatic carbocycles. The fraction of sp³-hybridized carbons (Fsp3) is 0.583. The van der Waals surface area contributed by atoms with Crippen LogP contribution in [0.25, 0.3) is 0 Å². The van der Waals surface area contributed by atoms with Crippen molar-refractivity contribution < 1.29 is 5.11 Å². The molecule has 0 amide bonds. The molecule has 0 saturated carbocycles. The van der Waals surface area contributed by atoms with Crippen LogP contribution in [0.2, 0.25) is 0 Å². The minimum absolute atomic E-state index is 0.243. The highest BCUT2D eigenvalue weighted by atomic mass is 16.3. The second-order valence-corrected chi connectivity index (χ2v) is 4.20. The third-order valence-electron chi connectivity index (χ3n) is 2.62. The number of aromatic nitrogens is 1. The number of nitrogens with one attached hydrogen (secondary N) is 1. The average molecular weight is 221 g/mol. The lowest BCUT2D eigenvalue weighted by atomic mass is 10.1. The molecule has 1 aromatic rings. The van der Waals surface area contributed by atoms with E-state index in [0.717, 1.165) is 25.1 Å². The van der Waals surface area contributed by atoms with Crippen LogP contribution in [0.5, 0.6) is 0 Å². The summed E-state index contributed by atoms with van der Waals surface area (Å²) in [6.07, 6.45) is 2.79. The van der Waals surface area contributed by atoms with Crippen LogP contribution < -0.4 is 5.32 Å². The first kappa shape index (κ1) is 12.8. The quantitative estimate of drug-likeness (QED) is 0.753.